The summed E-state index contributed by atoms with van der Waals surface area (Å²) in [6.45, 7) is 1.06. The van der Waals surface area contributed by atoms with Gasteiger partial charge in [0.15, 0.2) is 0 Å². The van der Waals surface area contributed by atoms with Gasteiger partial charge in [-0.3, -0.25) is 9.59 Å². The van der Waals surface area contributed by atoms with Crippen molar-refractivity contribution >= 4 is 11.9 Å². The Morgan fingerprint density at radius 1 is 1.62 bits per heavy atom. The van der Waals surface area contributed by atoms with Crippen LogP contribution in [-0.4, -0.2) is 40.1 Å². The number of aliphatic carboxylic acids is 1. The number of amides is 1. The molecule has 0 radical (unpaired) electrons. The Morgan fingerprint density at radius 2 is 2.44 bits per heavy atom. The van der Waals surface area contributed by atoms with E-state index in [1.54, 1.807) is 4.90 Å². The Morgan fingerprint density at radius 3 is 3.06 bits per heavy atom. The minimum atomic E-state index is -0.820. The molecule has 1 unspecified atom stereocenters. The fourth-order valence-corrected chi connectivity index (χ4v) is 1.91. The van der Waals surface area contributed by atoms with Crippen LogP contribution in [0.3, 0.4) is 0 Å². The van der Waals surface area contributed by atoms with Crippen molar-refractivity contribution in [3.05, 3.63) is 18.0 Å². The largest absolute Gasteiger partial charge is 0.481 e. The summed E-state index contributed by atoms with van der Waals surface area (Å²) in [4.78, 5) is 23.9. The SMILES string of the molecule is O=C(O)CC1CCN(C(=O)c2ccno2)C1. The van der Waals surface area contributed by atoms with Gasteiger partial charge in [0.05, 0.1) is 6.20 Å². The van der Waals surface area contributed by atoms with Crippen LogP contribution in [0.15, 0.2) is 16.8 Å². The molecule has 0 bridgehead atoms. The number of aromatic nitrogens is 1. The number of hydrogen-bond acceptors (Lipinski definition) is 4. The number of rotatable bonds is 3. The highest BCUT2D eigenvalue weighted by atomic mass is 16.5. The van der Waals surface area contributed by atoms with E-state index in [-0.39, 0.29) is 24.0 Å². The van der Waals surface area contributed by atoms with E-state index >= 15 is 0 Å². The Labute approximate surface area is 91.8 Å². The highest BCUT2D eigenvalue weighted by molar-refractivity contribution is 5.91. The summed E-state index contributed by atoms with van der Waals surface area (Å²) < 4.78 is 4.77. The average molecular weight is 224 g/mol. The first-order valence-corrected chi connectivity index (χ1v) is 5.08. The van der Waals surface area contributed by atoms with E-state index < -0.39 is 5.97 Å². The van der Waals surface area contributed by atoms with E-state index in [1.807, 2.05) is 0 Å². The van der Waals surface area contributed by atoms with Crippen molar-refractivity contribution in [2.24, 2.45) is 5.92 Å². The van der Waals surface area contributed by atoms with Gasteiger partial charge in [-0.25, -0.2) is 0 Å². The van der Waals surface area contributed by atoms with Gasteiger partial charge in [-0.1, -0.05) is 5.16 Å². The number of likely N-dealkylation sites (tertiary alicyclic amines) is 1. The molecule has 1 amide bonds. The molecule has 0 saturated carbocycles. The molecule has 0 aliphatic carbocycles. The van der Waals surface area contributed by atoms with Crippen LogP contribution in [0.1, 0.15) is 23.4 Å². The highest BCUT2D eigenvalue weighted by Gasteiger charge is 2.29. The van der Waals surface area contributed by atoms with Gasteiger partial charge >= 0.3 is 5.97 Å². The molecule has 1 atom stereocenters. The van der Waals surface area contributed by atoms with Gasteiger partial charge in [0, 0.05) is 25.6 Å². The van der Waals surface area contributed by atoms with E-state index in [9.17, 15) is 9.59 Å². The summed E-state index contributed by atoms with van der Waals surface area (Å²) >= 11 is 0. The van der Waals surface area contributed by atoms with Crippen LogP contribution in [-0.2, 0) is 4.79 Å². The van der Waals surface area contributed by atoms with Crippen LogP contribution >= 0.6 is 0 Å². The maximum atomic E-state index is 11.8. The normalized spacial score (nSPS) is 20.0. The molecule has 1 saturated heterocycles. The maximum Gasteiger partial charge on any atom is 0.303 e. The lowest BCUT2D eigenvalue weighted by atomic mass is 10.1. The molecule has 1 N–H and O–H groups in total. The van der Waals surface area contributed by atoms with Crippen LogP contribution in [0.2, 0.25) is 0 Å². The van der Waals surface area contributed by atoms with Gasteiger partial charge in [0.1, 0.15) is 0 Å². The van der Waals surface area contributed by atoms with E-state index in [1.165, 1.54) is 12.3 Å². The fourth-order valence-electron chi connectivity index (χ4n) is 1.91. The molecule has 0 spiro atoms. The number of carboxylic acids is 1. The number of nitrogens with zero attached hydrogens (tertiary/aromatic N) is 2. The van der Waals surface area contributed by atoms with Crippen molar-refractivity contribution in [1.29, 1.82) is 0 Å². The summed E-state index contributed by atoms with van der Waals surface area (Å²) in [6.07, 6.45) is 2.25. The molecule has 1 aromatic heterocycles. The van der Waals surface area contributed by atoms with Crippen molar-refractivity contribution in [1.82, 2.24) is 10.1 Å². The molecule has 16 heavy (non-hydrogen) atoms. The predicted octanol–water partition coefficient (Wildman–Crippen LogP) is 0.611. The van der Waals surface area contributed by atoms with Crippen molar-refractivity contribution in [3.8, 4) is 0 Å². The van der Waals surface area contributed by atoms with Crippen LogP contribution in [0.5, 0.6) is 0 Å². The number of carbonyl (C=O) groups excluding carboxylic acids is 1. The lowest BCUT2D eigenvalue weighted by Crippen LogP contribution is -2.28. The lowest BCUT2D eigenvalue weighted by molar-refractivity contribution is -0.138. The molecular weight excluding hydrogens is 212 g/mol. The van der Waals surface area contributed by atoms with Crippen molar-refractivity contribution in [2.75, 3.05) is 13.1 Å². The first kappa shape index (κ1) is 10.7. The molecule has 2 rings (SSSR count). The third-order valence-electron chi connectivity index (χ3n) is 2.68. The Balaban J connectivity index is 1.94. The molecule has 1 aromatic rings. The van der Waals surface area contributed by atoms with Crippen LogP contribution in [0.25, 0.3) is 0 Å². The second kappa shape index (κ2) is 4.34. The van der Waals surface area contributed by atoms with Crippen molar-refractivity contribution in [2.45, 2.75) is 12.8 Å². The molecule has 0 aromatic carbocycles. The van der Waals surface area contributed by atoms with Gasteiger partial charge in [0.25, 0.3) is 5.91 Å². The quantitative estimate of drug-likeness (QED) is 0.813. The topological polar surface area (TPSA) is 83.6 Å². The van der Waals surface area contributed by atoms with Crippen LogP contribution in [0, 0.1) is 5.92 Å². The van der Waals surface area contributed by atoms with Gasteiger partial charge in [-0.15, -0.1) is 0 Å². The van der Waals surface area contributed by atoms with Crippen LogP contribution in [0.4, 0.5) is 0 Å². The molecule has 2 heterocycles. The highest BCUT2D eigenvalue weighted by Crippen LogP contribution is 2.21. The van der Waals surface area contributed by atoms with Gasteiger partial charge in [-0.2, -0.15) is 0 Å². The molecule has 1 fully saturated rings. The Kier molecular flexibility index (Phi) is 2.89. The summed E-state index contributed by atoms with van der Waals surface area (Å²) in [5.74, 6) is -0.787. The zero-order valence-corrected chi connectivity index (χ0v) is 8.63. The summed E-state index contributed by atoms with van der Waals surface area (Å²) in [6, 6.07) is 1.51. The third-order valence-corrected chi connectivity index (χ3v) is 2.68. The molecule has 1 aliphatic heterocycles. The van der Waals surface area contributed by atoms with Gasteiger partial charge in [0.2, 0.25) is 5.76 Å². The zero-order valence-electron chi connectivity index (χ0n) is 8.63. The van der Waals surface area contributed by atoms with Crippen LogP contribution < -0.4 is 0 Å². The van der Waals surface area contributed by atoms with Gasteiger partial charge < -0.3 is 14.5 Å². The predicted molar refractivity (Wildman–Crippen MR) is 52.8 cm³/mol. The second-order valence-electron chi connectivity index (χ2n) is 3.88. The minimum Gasteiger partial charge on any atom is -0.481 e. The lowest BCUT2D eigenvalue weighted by Gasteiger charge is -2.13. The third kappa shape index (κ3) is 2.21. The monoisotopic (exact) mass is 224 g/mol. The Bertz CT molecular complexity index is 388. The van der Waals surface area contributed by atoms with E-state index in [0.717, 1.165) is 6.42 Å². The standard InChI is InChI=1S/C10H12N2O4/c13-9(14)5-7-2-4-12(6-7)10(15)8-1-3-11-16-8/h1,3,7H,2,4-6H2,(H,13,14). The van der Waals surface area contributed by atoms with Gasteiger partial charge in [-0.05, 0) is 12.3 Å². The first-order chi connectivity index (χ1) is 7.66. The fraction of sp³-hybridized carbons (Fsp3) is 0.500. The zero-order chi connectivity index (χ0) is 11.5. The number of hydrogen-bond donors (Lipinski definition) is 1. The number of carbonyl (C=O) groups is 2. The first-order valence-electron chi connectivity index (χ1n) is 5.08. The molecule has 86 valence electrons. The molecular formula is C10H12N2O4. The van der Waals surface area contributed by atoms with E-state index in [4.69, 9.17) is 9.63 Å². The Hall–Kier alpha value is -1.85. The molecule has 6 nitrogen and oxygen atoms in total. The number of carboxylic acid groups (broad SMARTS) is 1. The summed E-state index contributed by atoms with van der Waals surface area (Å²) in [5.41, 5.74) is 0. The van der Waals surface area contributed by atoms with Crippen molar-refractivity contribution in [3.63, 3.8) is 0 Å². The van der Waals surface area contributed by atoms with E-state index in [2.05, 4.69) is 5.16 Å². The van der Waals surface area contributed by atoms with Crippen molar-refractivity contribution < 1.29 is 19.2 Å². The smallest absolute Gasteiger partial charge is 0.303 e. The minimum absolute atomic E-state index is 0.0457. The molecule has 6 heteroatoms. The second-order valence-corrected chi connectivity index (χ2v) is 3.88. The van der Waals surface area contributed by atoms with E-state index in [0.29, 0.717) is 13.1 Å². The summed E-state index contributed by atoms with van der Waals surface area (Å²) in [7, 11) is 0. The average Bonchev–Trinajstić information content (AvgIpc) is 2.84. The molecule has 1 aliphatic rings. The summed E-state index contributed by atoms with van der Waals surface area (Å²) in [5, 5.41) is 12.1. The maximum absolute atomic E-state index is 11.8.